The van der Waals surface area contributed by atoms with Crippen molar-refractivity contribution >= 4 is 17.2 Å². The molecule has 0 bridgehead atoms. The van der Waals surface area contributed by atoms with Gasteiger partial charge in [-0.25, -0.2) is 4.98 Å². The molecule has 4 nitrogen and oxygen atoms in total. The fourth-order valence-corrected chi connectivity index (χ4v) is 7.51. The van der Waals surface area contributed by atoms with Gasteiger partial charge >= 0.3 is 0 Å². The van der Waals surface area contributed by atoms with E-state index in [0.29, 0.717) is 11.3 Å². The zero-order valence-electron chi connectivity index (χ0n) is 37.0. The summed E-state index contributed by atoms with van der Waals surface area (Å²) in [7, 11) is 0. The maximum Gasteiger partial charge on any atom is 0.136 e. The summed E-state index contributed by atoms with van der Waals surface area (Å²) < 4.78 is 0. The number of hydrogen-bond acceptors (Lipinski definition) is 4. The van der Waals surface area contributed by atoms with Crippen molar-refractivity contribution in [3.8, 4) is 39.4 Å². The second kappa shape index (κ2) is 17.0. The predicted molar refractivity (Wildman–Crippen MR) is 248 cm³/mol. The summed E-state index contributed by atoms with van der Waals surface area (Å²) in [4.78, 5) is 12.5. The first-order valence-corrected chi connectivity index (χ1v) is 20.7. The molecule has 0 aliphatic rings. The van der Waals surface area contributed by atoms with E-state index in [0.717, 1.165) is 45.1 Å². The Morgan fingerprint density at radius 1 is 0.500 bits per heavy atom. The molecule has 0 aliphatic carbocycles. The third-order valence-electron chi connectivity index (χ3n) is 11.4. The van der Waals surface area contributed by atoms with Crippen LogP contribution in [0.5, 0.6) is 5.75 Å². The van der Waals surface area contributed by atoms with Crippen LogP contribution in [-0.2, 0) is 42.7 Å². The van der Waals surface area contributed by atoms with E-state index in [1.165, 1.54) is 22.3 Å². The summed E-state index contributed by atoms with van der Waals surface area (Å²) in [5, 5.41) is 11.2. The Morgan fingerprint density at radius 2 is 1.08 bits per heavy atom. The number of phenols is 1. The second-order valence-electron chi connectivity index (χ2n) is 19.4. The number of aromatic nitrogens is 2. The Labute approximate surface area is 373 Å². The Morgan fingerprint density at radius 3 is 1.70 bits per heavy atom. The number of aromatic hydroxyl groups is 1. The molecule has 0 aliphatic heterocycles. The number of benzene rings is 5. The van der Waals surface area contributed by atoms with Crippen LogP contribution in [0.4, 0.5) is 17.2 Å². The first-order valence-electron chi connectivity index (χ1n) is 20.7. The first-order chi connectivity index (χ1) is 27.8. The van der Waals surface area contributed by atoms with Crippen LogP contribution in [0, 0.1) is 6.07 Å². The largest absolute Gasteiger partial charge is 0.507 e. The van der Waals surface area contributed by atoms with Crippen LogP contribution in [0.25, 0.3) is 33.6 Å². The van der Waals surface area contributed by atoms with Gasteiger partial charge in [-0.3, -0.25) is 4.98 Å². The van der Waals surface area contributed by atoms with Crippen molar-refractivity contribution in [3.05, 3.63) is 180 Å². The van der Waals surface area contributed by atoms with Crippen LogP contribution in [0.3, 0.4) is 0 Å². The summed E-state index contributed by atoms with van der Waals surface area (Å²) in [5.74, 6) is 0.992. The molecular formula is C55H58N3OPt-. The number of pyridine rings is 2. The first kappa shape index (κ1) is 44.2. The molecule has 0 saturated carbocycles. The number of hydrogen-bond donors (Lipinski definition) is 1. The molecule has 5 heteroatoms. The van der Waals surface area contributed by atoms with Crippen molar-refractivity contribution in [1.29, 1.82) is 0 Å². The van der Waals surface area contributed by atoms with Crippen LogP contribution in [0.1, 0.15) is 104 Å². The predicted octanol–water partition coefficient (Wildman–Crippen LogP) is 14.7. The Hall–Kier alpha value is -5.31. The molecule has 1 N–H and O–H groups in total. The third-order valence-corrected chi connectivity index (χ3v) is 11.4. The van der Waals surface area contributed by atoms with Gasteiger partial charge in [-0.1, -0.05) is 161 Å². The van der Waals surface area contributed by atoms with Gasteiger partial charge < -0.3 is 10.0 Å². The van der Waals surface area contributed by atoms with Gasteiger partial charge in [0, 0.05) is 43.9 Å². The quantitative estimate of drug-likeness (QED) is 0.154. The van der Waals surface area contributed by atoms with Crippen molar-refractivity contribution in [2.75, 3.05) is 4.90 Å². The Kier molecular flexibility index (Phi) is 12.5. The van der Waals surface area contributed by atoms with Gasteiger partial charge in [-0.2, -0.15) is 0 Å². The maximum atomic E-state index is 11.2. The molecule has 0 fully saturated rings. The Balaban J connectivity index is 0.00000604. The SMILES string of the molecule is CC(C)(C)c1cc(-c2cc(-c3cccc(C(C)(C)c4ccccc4)c3)cc(-c3ccccc3O)n2)[c-]c(N(c2cc(C(C)(C)C)cc(C(C)(C)C)c2)c2ccccn2)c1.[Pt]. The minimum Gasteiger partial charge on any atom is -0.507 e. The van der Waals surface area contributed by atoms with Gasteiger partial charge in [0.15, 0.2) is 0 Å². The standard InChI is InChI=1S/C55H58N3O.Pt/c1-52(2,3)42-29-39(30-45(34-42)58(51-26-17-18-27-56-51)46-35-43(53(4,5)6)33-44(36-46)54(7,8)9)48-31-38(32-49(57-48)47-24-15-16-25-50(47)59)37-20-19-23-41(28-37)55(10,11)40-21-13-12-14-22-40;/h12-29,31-36,59H,1-11H3;/q-1;. The van der Waals surface area contributed by atoms with E-state index in [1.54, 1.807) is 6.07 Å². The van der Waals surface area contributed by atoms with Crippen molar-refractivity contribution in [2.45, 2.75) is 97.8 Å². The topological polar surface area (TPSA) is 49.3 Å². The van der Waals surface area contributed by atoms with E-state index in [1.807, 2.05) is 36.5 Å². The molecule has 310 valence electrons. The van der Waals surface area contributed by atoms with Crippen LogP contribution in [0.15, 0.2) is 146 Å². The van der Waals surface area contributed by atoms with Gasteiger partial charge in [0.05, 0.1) is 5.69 Å². The fraction of sp³-hybridized carbons (Fsp3) is 0.273. The summed E-state index contributed by atoms with van der Waals surface area (Å²) in [6, 6.07) is 52.5. The number of anilines is 3. The minimum atomic E-state index is -0.219. The van der Waals surface area contributed by atoms with E-state index in [9.17, 15) is 5.11 Å². The van der Waals surface area contributed by atoms with Gasteiger partial charge in [-0.05, 0) is 103 Å². The molecule has 5 aromatic carbocycles. The molecule has 0 atom stereocenters. The van der Waals surface area contributed by atoms with Gasteiger partial charge in [0.25, 0.3) is 0 Å². The van der Waals surface area contributed by atoms with Crippen molar-refractivity contribution < 1.29 is 26.2 Å². The van der Waals surface area contributed by atoms with Gasteiger partial charge in [0.1, 0.15) is 11.6 Å². The van der Waals surface area contributed by atoms with E-state index < -0.39 is 0 Å². The number of rotatable bonds is 8. The minimum absolute atomic E-state index is 0. The summed E-state index contributed by atoms with van der Waals surface area (Å²) in [5.41, 5.74) is 12.5. The summed E-state index contributed by atoms with van der Waals surface area (Å²) in [6.07, 6.45) is 1.85. The molecular weight excluding hydrogens is 914 g/mol. The molecule has 2 aromatic heterocycles. The average Bonchev–Trinajstić information content (AvgIpc) is 3.20. The number of phenolic OH excluding ortho intramolecular Hbond substituents is 1. The van der Waals surface area contributed by atoms with Crippen LogP contribution < -0.4 is 4.90 Å². The molecule has 0 unspecified atom stereocenters. The van der Waals surface area contributed by atoms with E-state index in [2.05, 4.69) is 190 Å². The number of nitrogens with zero attached hydrogens (tertiary/aromatic N) is 3. The molecule has 7 aromatic rings. The molecule has 7 rings (SSSR count). The van der Waals surface area contributed by atoms with Crippen molar-refractivity contribution in [1.82, 2.24) is 9.97 Å². The molecule has 0 radical (unpaired) electrons. The molecule has 60 heavy (non-hydrogen) atoms. The molecule has 0 saturated heterocycles. The summed E-state index contributed by atoms with van der Waals surface area (Å²) >= 11 is 0. The number of para-hydroxylation sites is 1. The van der Waals surface area contributed by atoms with Crippen LogP contribution in [0.2, 0.25) is 0 Å². The van der Waals surface area contributed by atoms with E-state index >= 15 is 0 Å². The Bertz CT molecular complexity index is 2560. The van der Waals surface area contributed by atoms with Gasteiger partial charge in [0.2, 0.25) is 0 Å². The zero-order chi connectivity index (χ0) is 42.3. The third kappa shape index (κ3) is 9.51. The maximum absolute atomic E-state index is 11.2. The van der Waals surface area contributed by atoms with Crippen LogP contribution >= 0.6 is 0 Å². The molecule has 0 amide bonds. The van der Waals surface area contributed by atoms with Crippen LogP contribution in [-0.4, -0.2) is 15.1 Å². The zero-order valence-corrected chi connectivity index (χ0v) is 39.2. The monoisotopic (exact) mass is 971 g/mol. The van der Waals surface area contributed by atoms with E-state index in [-0.39, 0.29) is 48.5 Å². The second-order valence-corrected chi connectivity index (χ2v) is 19.4. The van der Waals surface area contributed by atoms with Crippen molar-refractivity contribution in [3.63, 3.8) is 0 Å². The molecule has 0 spiro atoms. The summed E-state index contributed by atoms with van der Waals surface area (Å²) in [6.45, 7) is 24.9. The fourth-order valence-electron chi connectivity index (χ4n) is 7.51. The smallest absolute Gasteiger partial charge is 0.136 e. The average molecular weight is 972 g/mol. The van der Waals surface area contributed by atoms with E-state index in [4.69, 9.17) is 9.97 Å². The van der Waals surface area contributed by atoms with Crippen molar-refractivity contribution in [2.24, 2.45) is 0 Å². The van der Waals surface area contributed by atoms with Gasteiger partial charge in [-0.15, -0.1) is 29.3 Å². The normalized spacial score (nSPS) is 12.2. The molecule has 2 heterocycles.